The van der Waals surface area contributed by atoms with Gasteiger partial charge in [-0.1, -0.05) is 23.8 Å². The number of likely N-dealkylation sites (tertiary alicyclic amines) is 1. The lowest BCUT2D eigenvalue weighted by Crippen LogP contribution is -2.46. The maximum absolute atomic E-state index is 13.3. The average Bonchev–Trinajstić information content (AvgIpc) is 2.57. The van der Waals surface area contributed by atoms with Gasteiger partial charge in [0, 0.05) is 30.5 Å². The van der Waals surface area contributed by atoms with Crippen LogP contribution < -0.4 is 10.6 Å². The van der Waals surface area contributed by atoms with Crippen LogP contribution in [0, 0.1) is 12.7 Å². The van der Waals surface area contributed by atoms with Crippen LogP contribution in [0.15, 0.2) is 48.5 Å². The standard InChI is InChI=1S/C19H22FN3O/c1-14-7-9-16(10-8-14)22-19(24)23-11-3-6-18(13-23)21-17-5-2-4-15(20)12-17/h2,4-5,7-10,12,18,21H,3,6,11,13H2,1H3,(H,22,24)/t18-/m1/s1. The van der Waals surface area contributed by atoms with E-state index in [0.29, 0.717) is 6.54 Å². The number of benzene rings is 2. The fourth-order valence-electron chi connectivity index (χ4n) is 2.93. The number of hydrogen-bond donors (Lipinski definition) is 2. The Morgan fingerprint density at radius 1 is 1.17 bits per heavy atom. The van der Waals surface area contributed by atoms with Crippen LogP contribution in [-0.4, -0.2) is 30.1 Å². The van der Waals surface area contributed by atoms with Gasteiger partial charge in [-0.15, -0.1) is 0 Å². The lowest BCUT2D eigenvalue weighted by molar-refractivity contribution is 0.196. The van der Waals surface area contributed by atoms with Gasteiger partial charge in [-0.3, -0.25) is 0 Å². The van der Waals surface area contributed by atoms with Gasteiger partial charge in [-0.2, -0.15) is 0 Å². The maximum Gasteiger partial charge on any atom is 0.321 e. The van der Waals surface area contributed by atoms with Crippen molar-refractivity contribution in [1.82, 2.24) is 4.90 Å². The second-order valence-corrected chi connectivity index (χ2v) is 6.24. The van der Waals surface area contributed by atoms with Gasteiger partial charge in [-0.25, -0.2) is 9.18 Å². The SMILES string of the molecule is Cc1ccc(NC(=O)N2CCC[C@@H](Nc3cccc(F)c3)C2)cc1. The number of aryl methyl sites for hydroxylation is 1. The summed E-state index contributed by atoms with van der Waals surface area (Å²) < 4.78 is 13.3. The fraction of sp³-hybridized carbons (Fsp3) is 0.316. The van der Waals surface area contributed by atoms with E-state index in [2.05, 4.69) is 10.6 Å². The molecule has 0 unspecified atom stereocenters. The van der Waals surface area contributed by atoms with E-state index >= 15 is 0 Å². The Hall–Kier alpha value is -2.56. The van der Waals surface area contributed by atoms with Crippen LogP contribution in [0.4, 0.5) is 20.6 Å². The van der Waals surface area contributed by atoms with Crippen LogP contribution in [0.1, 0.15) is 18.4 Å². The molecule has 1 saturated heterocycles. The molecule has 2 N–H and O–H groups in total. The summed E-state index contributed by atoms with van der Waals surface area (Å²) in [5, 5.41) is 6.25. The van der Waals surface area contributed by atoms with Gasteiger partial charge in [-0.05, 0) is 50.1 Å². The smallest absolute Gasteiger partial charge is 0.321 e. The molecule has 1 atom stereocenters. The molecule has 1 fully saturated rings. The summed E-state index contributed by atoms with van der Waals surface area (Å²) in [6.45, 7) is 3.35. The van der Waals surface area contributed by atoms with E-state index in [1.54, 1.807) is 11.0 Å². The number of anilines is 2. The number of urea groups is 1. The molecule has 1 aliphatic heterocycles. The maximum atomic E-state index is 13.3. The predicted molar refractivity (Wildman–Crippen MR) is 94.8 cm³/mol. The van der Waals surface area contributed by atoms with E-state index in [1.165, 1.54) is 12.1 Å². The zero-order valence-corrected chi connectivity index (χ0v) is 13.8. The molecule has 1 heterocycles. The lowest BCUT2D eigenvalue weighted by atomic mass is 10.1. The molecule has 0 radical (unpaired) electrons. The van der Waals surface area contributed by atoms with Crippen molar-refractivity contribution < 1.29 is 9.18 Å². The van der Waals surface area contributed by atoms with Crippen LogP contribution in [0.2, 0.25) is 0 Å². The number of carbonyl (C=O) groups excluding carboxylic acids is 1. The number of hydrogen-bond acceptors (Lipinski definition) is 2. The number of nitrogens with zero attached hydrogens (tertiary/aromatic N) is 1. The summed E-state index contributed by atoms with van der Waals surface area (Å²) in [5.41, 5.74) is 2.71. The van der Waals surface area contributed by atoms with Crippen molar-refractivity contribution in [3.05, 3.63) is 59.9 Å². The Morgan fingerprint density at radius 3 is 2.71 bits per heavy atom. The molecule has 2 amide bonds. The normalized spacial score (nSPS) is 17.4. The summed E-state index contributed by atoms with van der Waals surface area (Å²) >= 11 is 0. The molecule has 126 valence electrons. The molecule has 2 aromatic rings. The van der Waals surface area contributed by atoms with Crippen molar-refractivity contribution in [2.75, 3.05) is 23.7 Å². The molecule has 24 heavy (non-hydrogen) atoms. The summed E-state index contributed by atoms with van der Waals surface area (Å²) in [5.74, 6) is -0.259. The highest BCUT2D eigenvalue weighted by Crippen LogP contribution is 2.18. The zero-order valence-electron chi connectivity index (χ0n) is 13.8. The van der Waals surface area contributed by atoms with Crippen molar-refractivity contribution in [2.45, 2.75) is 25.8 Å². The molecular formula is C19H22FN3O. The van der Waals surface area contributed by atoms with Crippen LogP contribution >= 0.6 is 0 Å². The first-order valence-electron chi connectivity index (χ1n) is 8.25. The molecule has 3 rings (SSSR count). The molecule has 5 heteroatoms. The molecule has 0 aliphatic carbocycles. The summed E-state index contributed by atoms with van der Waals surface area (Å²) in [7, 11) is 0. The Morgan fingerprint density at radius 2 is 1.96 bits per heavy atom. The Balaban J connectivity index is 1.58. The molecule has 0 spiro atoms. The zero-order chi connectivity index (χ0) is 16.9. The summed E-state index contributed by atoms with van der Waals surface area (Å²) in [4.78, 5) is 14.2. The minimum atomic E-state index is -0.259. The number of rotatable bonds is 3. The van der Waals surface area contributed by atoms with E-state index in [9.17, 15) is 9.18 Å². The fourth-order valence-corrected chi connectivity index (χ4v) is 2.93. The van der Waals surface area contributed by atoms with Crippen LogP contribution in [0.5, 0.6) is 0 Å². The monoisotopic (exact) mass is 327 g/mol. The molecule has 0 aromatic heterocycles. The highest BCUT2D eigenvalue weighted by molar-refractivity contribution is 5.89. The molecule has 4 nitrogen and oxygen atoms in total. The van der Waals surface area contributed by atoms with E-state index in [0.717, 1.165) is 36.3 Å². The number of piperidine rings is 1. The number of nitrogens with one attached hydrogen (secondary N) is 2. The second-order valence-electron chi connectivity index (χ2n) is 6.24. The van der Waals surface area contributed by atoms with Crippen molar-refractivity contribution in [3.63, 3.8) is 0 Å². The topological polar surface area (TPSA) is 44.4 Å². The van der Waals surface area contributed by atoms with Gasteiger partial charge in [0.25, 0.3) is 0 Å². The van der Waals surface area contributed by atoms with Gasteiger partial charge in [0.05, 0.1) is 0 Å². The highest BCUT2D eigenvalue weighted by Gasteiger charge is 2.23. The Kier molecular flexibility index (Phi) is 4.99. The van der Waals surface area contributed by atoms with Crippen molar-refractivity contribution in [1.29, 1.82) is 0 Å². The van der Waals surface area contributed by atoms with E-state index < -0.39 is 0 Å². The number of halogens is 1. The first-order valence-corrected chi connectivity index (χ1v) is 8.25. The molecule has 2 aromatic carbocycles. The predicted octanol–water partition coefficient (Wildman–Crippen LogP) is 4.24. The highest BCUT2D eigenvalue weighted by atomic mass is 19.1. The van der Waals surface area contributed by atoms with Gasteiger partial charge in [0.1, 0.15) is 5.82 Å². The van der Waals surface area contributed by atoms with Gasteiger partial charge in [0.15, 0.2) is 0 Å². The van der Waals surface area contributed by atoms with Gasteiger partial charge < -0.3 is 15.5 Å². The number of amides is 2. The summed E-state index contributed by atoms with van der Waals surface area (Å²) in [6.07, 6.45) is 1.89. The molecule has 1 aliphatic rings. The van der Waals surface area contributed by atoms with Gasteiger partial charge >= 0.3 is 6.03 Å². The minimum Gasteiger partial charge on any atom is -0.380 e. The van der Waals surface area contributed by atoms with Crippen LogP contribution in [-0.2, 0) is 0 Å². The third kappa shape index (κ3) is 4.25. The third-order valence-electron chi connectivity index (χ3n) is 4.21. The Bertz CT molecular complexity index is 702. The molecule has 0 bridgehead atoms. The van der Waals surface area contributed by atoms with E-state index in [1.807, 2.05) is 37.3 Å². The minimum absolute atomic E-state index is 0.0930. The van der Waals surface area contributed by atoms with E-state index in [4.69, 9.17) is 0 Å². The van der Waals surface area contributed by atoms with Crippen molar-refractivity contribution in [2.24, 2.45) is 0 Å². The average molecular weight is 327 g/mol. The lowest BCUT2D eigenvalue weighted by Gasteiger charge is -2.33. The molecule has 0 saturated carbocycles. The number of carbonyl (C=O) groups is 1. The second kappa shape index (κ2) is 7.34. The van der Waals surface area contributed by atoms with Crippen LogP contribution in [0.25, 0.3) is 0 Å². The first-order chi connectivity index (χ1) is 11.6. The first kappa shape index (κ1) is 16.3. The summed E-state index contributed by atoms with van der Waals surface area (Å²) in [6, 6.07) is 14.2. The van der Waals surface area contributed by atoms with Gasteiger partial charge in [0.2, 0.25) is 0 Å². The van der Waals surface area contributed by atoms with Crippen LogP contribution in [0.3, 0.4) is 0 Å². The molecular weight excluding hydrogens is 305 g/mol. The van der Waals surface area contributed by atoms with E-state index in [-0.39, 0.29) is 17.9 Å². The quantitative estimate of drug-likeness (QED) is 0.885. The largest absolute Gasteiger partial charge is 0.380 e. The van der Waals surface area contributed by atoms with Crippen molar-refractivity contribution >= 4 is 17.4 Å². The Labute approximate surface area is 141 Å². The van der Waals surface area contributed by atoms with Crippen molar-refractivity contribution in [3.8, 4) is 0 Å². The third-order valence-corrected chi connectivity index (χ3v) is 4.21.